The Kier molecular flexibility index (Phi) is 15.9. The van der Waals surface area contributed by atoms with Crippen molar-refractivity contribution in [2.24, 2.45) is 0 Å². The van der Waals surface area contributed by atoms with Crippen LogP contribution in [0.1, 0.15) is 12.8 Å². The summed E-state index contributed by atoms with van der Waals surface area (Å²) in [6.07, 6.45) is 2.01. The molecule has 0 atom stereocenters. The molecule has 0 saturated carbocycles. The van der Waals surface area contributed by atoms with Gasteiger partial charge in [0.2, 0.25) is 0 Å². The second kappa shape index (κ2) is 13.8. The summed E-state index contributed by atoms with van der Waals surface area (Å²) in [6, 6.07) is 0. The summed E-state index contributed by atoms with van der Waals surface area (Å²) in [7, 11) is 9.85. The second-order valence-corrected chi connectivity index (χ2v) is 4.03. The molecule has 0 aliphatic carbocycles. The number of hydrogen-bond acceptors (Lipinski definition) is 4. The van der Waals surface area contributed by atoms with Crippen LogP contribution in [0.3, 0.4) is 0 Å². The van der Waals surface area contributed by atoms with Crippen LogP contribution in [0, 0.1) is 0 Å². The molecule has 0 amide bonds. The van der Waals surface area contributed by atoms with E-state index in [4.69, 9.17) is 9.84 Å². The lowest BCUT2D eigenvalue weighted by molar-refractivity contribution is 0.184. The Hall–Kier alpha value is -0.160. The maximum absolute atomic E-state index is 8.29. The van der Waals surface area contributed by atoms with Crippen molar-refractivity contribution in [1.82, 2.24) is 9.80 Å². The maximum Gasteiger partial charge on any atom is 0.0474 e. The van der Waals surface area contributed by atoms with Gasteiger partial charge in [0, 0.05) is 20.3 Å². The first kappa shape index (κ1) is 17.2. The van der Waals surface area contributed by atoms with E-state index in [0.29, 0.717) is 6.61 Å². The first-order chi connectivity index (χ1) is 7.04. The summed E-state index contributed by atoms with van der Waals surface area (Å²) in [5.74, 6) is 0. The Morgan fingerprint density at radius 1 is 0.933 bits per heavy atom. The first-order valence-electron chi connectivity index (χ1n) is 5.43. The average molecular weight is 220 g/mol. The van der Waals surface area contributed by atoms with Crippen molar-refractivity contribution < 1.29 is 9.84 Å². The summed E-state index contributed by atoms with van der Waals surface area (Å²) in [4.78, 5) is 4.20. The maximum atomic E-state index is 8.29. The highest BCUT2D eigenvalue weighted by molar-refractivity contribution is 4.40. The number of methoxy groups -OCH3 is 1. The lowest BCUT2D eigenvalue weighted by Gasteiger charge is -2.07. The molecule has 0 radical (unpaired) electrons. The molecule has 0 saturated heterocycles. The molecule has 0 heterocycles. The molecule has 4 heteroatoms. The van der Waals surface area contributed by atoms with Gasteiger partial charge in [-0.05, 0) is 54.1 Å². The number of rotatable bonds is 7. The Morgan fingerprint density at radius 3 is 1.67 bits per heavy atom. The van der Waals surface area contributed by atoms with Gasteiger partial charge in [-0.3, -0.25) is 0 Å². The normalized spacial score (nSPS) is 10.4. The molecule has 0 aromatic carbocycles. The number of aliphatic hydroxyl groups is 1. The Balaban J connectivity index is 0. The third-order valence-corrected chi connectivity index (χ3v) is 1.72. The van der Waals surface area contributed by atoms with E-state index >= 15 is 0 Å². The van der Waals surface area contributed by atoms with Gasteiger partial charge >= 0.3 is 0 Å². The van der Waals surface area contributed by atoms with Crippen LogP contribution in [0.4, 0.5) is 0 Å². The Labute approximate surface area is 94.8 Å². The molecule has 0 bridgehead atoms. The van der Waals surface area contributed by atoms with Crippen molar-refractivity contribution in [1.29, 1.82) is 0 Å². The standard InChI is InChI=1S/C6H15NO.C5H13NO/c1-7(2)5-4-6-8-3;1-6(2)4-3-5-7/h4-6H2,1-3H3;7H,3-5H2,1-2H3. The van der Waals surface area contributed by atoms with Gasteiger partial charge in [0.15, 0.2) is 0 Å². The van der Waals surface area contributed by atoms with Crippen LogP contribution in [-0.2, 0) is 4.74 Å². The summed E-state index contributed by atoms with van der Waals surface area (Å²) >= 11 is 0. The molecule has 0 aromatic rings. The summed E-state index contributed by atoms with van der Waals surface area (Å²) in [6.45, 7) is 3.28. The summed E-state index contributed by atoms with van der Waals surface area (Å²) in [5.41, 5.74) is 0. The molecule has 1 N–H and O–H groups in total. The van der Waals surface area contributed by atoms with Crippen LogP contribution in [0.2, 0.25) is 0 Å². The monoisotopic (exact) mass is 220 g/mol. The van der Waals surface area contributed by atoms with E-state index in [9.17, 15) is 0 Å². The van der Waals surface area contributed by atoms with E-state index in [0.717, 1.165) is 32.5 Å². The van der Waals surface area contributed by atoms with E-state index in [2.05, 4.69) is 23.9 Å². The fraction of sp³-hybridized carbons (Fsp3) is 1.00. The van der Waals surface area contributed by atoms with Gasteiger partial charge in [-0.1, -0.05) is 0 Å². The van der Waals surface area contributed by atoms with Crippen molar-refractivity contribution in [3.63, 3.8) is 0 Å². The van der Waals surface area contributed by atoms with Crippen molar-refractivity contribution in [2.75, 3.05) is 61.6 Å². The fourth-order valence-corrected chi connectivity index (χ4v) is 0.912. The van der Waals surface area contributed by atoms with Crippen molar-refractivity contribution in [3.8, 4) is 0 Å². The minimum atomic E-state index is 0.304. The zero-order valence-corrected chi connectivity index (χ0v) is 11.0. The third kappa shape index (κ3) is 24.8. The molecule has 0 aliphatic heterocycles. The SMILES string of the molecule is CN(C)CCCO.COCCCN(C)C. The van der Waals surface area contributed by atoms with Gasteiger partial charge in [0.25, 0.3) is 0 Å². The van der Waals surface area contributed by atoms with Crippen LogP contribution in [0.15, 0.2) is 0 Å². The predicted molar refractivity (Wildman–Crippen MR) is 65.3 cm³/mol. The van der Waals surface area contributed by atoms with E-state index in [-0.39, 0.29) is 0 Å². The van der Waals surface area contributed by atoms with Crippen LogP contribution in [0.25, 0.3) is 0 Å². The lowest BCUT2D eigenvalue weighted by Crippen LogP contribution is -2.14. The molecule has 0 unspecified atom stereocenters. The average Bonchev–Trinajstić information content (AvgIpc) is 2.15. The van der Waals surface area contributed by atoms with Crippen LogP contribution in [0.5, 0.6) is 0 Å². The smallest absolute Gasteiger partial charge is 0.0474 e. The summed E-state index contributed by atoms with van der Waals surface area (Å²) in [5, 5.41) is 8.29. The van der Waals surface area contributed by atoms with E-state index in [1.165, 1.54) is 0 Å². The highest BCUT2D eigenvalue weighted by Gasteiger charge is 1.86. The molecule has 15 heavy (non-hydrogen) atoms. The topological polar surface area (TPSA) is 35.9 Å². The molecule has 94 valence electrons. The molecule has 0 rings (SSSR count). The van der Waals surface area contributed by atoms with Crippen LogP contribution < -0.4 is 0 Å². The number of aliphatic hydroxyl groups excluding tert-OH is 1. The molecule has 4 nitrogen and oxygen atoms in total. The van der Waals surface area contributed by atoms with Gasteiger partial charge < -0.3 is 19.6 Å². The van der Waals surface area contributed by atoms with E-state index in [1.807, 2.05) is 14.1 Å². The van der Waals surface area contributed by atoms with Gasteiger partial charge in [0.05, 0.1) is 0 Å². The van der Waals surface area contributed by atoms with E-state index in [1.54, 1.807) is 7.11 Å². The lowest BCUT2D eigenvalue weighted by atomic mass is 10.4. The molecular weight excluding hydrogens is 192 g/mol. The van der Waals surface area contributed by atoms with Crippen molar-refractivity contribution in [2.45, 2.75) is 12.8 Å². The Bertz CT molecular complexity index is 109. The van der Waals surface area contributed by atoms with Gasteiger partial charge in [0.1, 0.15) is 0 Å². The van der Waals surface area contributed by atoms with Crippen LogP contribution in [-0.4, -0.2) is 76.5 Å². The number of hydrogen-bond donors (Lipinski definition) is 1. The zero-order valence-electron chi connectivity index (χ0n) is 11.0. The van der Waals surface area contributed by atoms with Crippen molar-refractivity contribution in [3.05, 3.63) is 0 Å². The second-order valence-electron chi connectivity index (χ2n) is 4.03. The zero-order chi connectivity index (χ0) is 12.1. The van der Waals surface area contributed by atoms with E-state index < -0.39 is 0 Å². The molecule has 0 fully saturated rings. The molecular formula is C11H28N2O2. The van der Waals surface area contributed by atoms with Gasteiger partial charge in [-0.2, -0.15) is 0 Å². The minimum Gasteiger partial charge on any atom is -0.396 e. The van der Waals surface area contributed by atoms with Gasteiger partial charge in [-0.15, -0.1) is 0 Å². The minimum absolute atomic E-state index is 0.304. The number of ether oxygens (including phenoxy) is 1. The summed E-state index contributed by atoms with van der Waals surface area (Å²) < 4.78 is 4.87. The third-order valence-electron chi connectivity index (χ3n) is 1.72. The highest BCUT2D eigenvalue weighted by Crippen LogP contribution is 1.81. The fourth-order valence-electron chi connectivity index (χ4n) is 0.912. The Morgan fingerprint density at radius 2 is 1.40 bits per heavy atom. The molecule has 0 aromatic heterocycles. The van der Waals surface area contributed by atoms with Crippen molar-refractivity contribution >= 4 is 0 Å². The largest absolute Gasteiger partial charge is 0.396 e. The predicted octanol–water partition coefficient (Wildman–Crippen LogP) is 0.515. The number of nitrogens with zero attached hydrogens (tertiary/aromatic N) is 2. The molecule has 0 spiro atoms. The first-order valence-corrected chi connectivity index (χ1v) is 5.43. The van der Waals surface area contributed by atoms with Gasteiger partial charge in [-0.25, -0.2) is 0 Å². The quantitative estimate of drug-likeness (QED) is 0.634. The van der Waals surface area contributed by atoms with Crippen LogP contribution >= 0.6 is 0 Å². The molecule has 0 aliphatic rings. The highest BCUT2D eigenvalue weighted by atomic mass is 16.5.